The smallest absolute Gasteiger partial charge is 0.0848 e. The maximum atomic E-state index is 9.26. The molecule has 2 unspecified atom stereocenters. The normalized spacial score (nSPS) is 30.4. The summed E-state index contributed by atoms with van der Waals surface area (Å²) in [5.41, 5.74) is 7.29. The lowest BCUT2D eigenvalue weighted by Crippen LogP contribution is -2.41. The molecule has 0 amide bonds. The van der Waals surface area contributed by atoms with Crippen molar-refractivity contribution in [1.29, 1.82) is 5.26 Å². The summed E-state index contributed by atoms with van der Waals surface area (Å²) in [6.45, 7) is 2.13. The van der Waals surface area contributed by atoms with Crippen molar-refractivity contribution in [1.82, 2.24) is 0 Å². The van der Waals surface area contributed by atoms with Crippen molar-refractivity contribution >= 4 is 5.69 Å². The first-order valence-corrected chi connectivity index (χ1v) is 4.96. The van der Waals surface area contributed by atoms with E-state index in [2.05, 4.69) is 13.0 Å². The van der Waals surface area contributed by atoms with Gasteiger partial charge in [0.2, 0.25) is 0 Å². The zero-order chi connectivity index (χ0) is 10.2. The highest BCUT2D eigenvalue weighted by Crippen LogP contribution is 2.48. The predicted molar refractivity (Wildman–Crippen MR) is 56.5 cm³/mol. The summed E-state index contributed by atoms with van der Waals surface area (Å²) in [7, 11) is 0. The largest absolute Gasteiger partial charge is 0.399 e. The third-order valence-corrected chi connectivity index (χ3v) is 3.41. The van der Waals surface area contributed by atoms with E-state index in [1.807, 2.05) is 24.3 Å². The molecular weight excluding hydrogens is 172 g/mol. The summed E-state index contributed by atoms with van der Waals surface area (Å²) >= 11 is 0. The molecule has 72 valence electrons. The lowest BCUT2D eigenvalue weighted by molar-refractivity contribution is 0.201. The van der Waals surface area contributed by atoms with Crippen LogP contribution in [-0.4, -0.2) is 0 Å². The molecular formula is C12H14N2. The SMILES string of the molecule is CC1CCC1(C#N)c1cccc(N)c1. The maximum absolute atomic E-state index is 9.26. The topological polar surface area (TPSA) is 49.8 Å². The fourth-order valence-corrected chi connectivity index (χ4v) is 2.20. The molecule has 0 heterocycles. The Morgan fingerprint density at radius 1 is 1.57 bits per heavy atom. The first kappa shape index (κ1) is 9.08. The molecule has 1 aliphatic carbocycles. The molecule has 1 aliphatic rings. The molecule has 2 nitrogen and oxygen atoms in total. The molecule has 0 radical (unpaired) electrons. The van der Waals surface area contributed by atoms with E-state index in [9.17, 15) is 5.26 Å². The second-order valence-electron chi connectivity index (χ2n) is 4.15. The number of hydrogen-bond donors (Lipinski definition) is 1. The summed E-state index contributed by atoms with van der Waals surface area (Å²) in [5, 5.41) is 9.26. The lowest BCUT2D eigenvalue weighted by atomic mass is 9.58. The van der Waals surface area contributed by atoms with Crippen LogP contribution in [0.5, 0.6) is 0 Å². The third-order valence-electron chi connectivity index (χ3n) is 3.41. The highest BCUT2D eigenvalue weighted by atomic mass is 14.6. The van der Waals surface area contributed by atoms with Gasteiger partial charge in [-0.2, -0.15) is 5.26 Å². The van der Waals surface area contributed by atoms with Gasteiger partial charge in [0.05, 0.1) is 11.5 Å². The Morgan fingerprint density at radius 2 is 2.36 bits per heavy atom. The van der Waals surface area contributed by atoms with Gasteiger partial charge < -0.3 is 5.73 Å². The van der Waals surface area contributed by atoms with Crippen molar-refractivity contribution in [3.05, 3.63) is 29.8 Å². The van der Waals surface area contributed by atoms with E-state index in [-0.39, 0.29) is 5.41 Å². The van der Waals surface area contributed by atoms with E-state index in [0.29, 0.717) is 5.92 Å². The van der Waals surface area contributed by atoms with E-state index in [1.54, 1.807) is 0 Å². The minimum absolute atomic E-state index is 0.268. The van der Waals surface area contributed by atoms with E-state index < -0.39 is 0 Å². The number of nitriles is 1. The highest BCUT2D eigenvalue weighted by Gasteiger charge is 2.45. The van der Waals surface area contributed by atoms with Crippen molar-refractivity contribution in [2.45, 2.75) is 25.2 Å². The average molecular weight is 186 g/mol. The van der Waals surface area contributed by atoms with Crippen LogP contribution in [-0.2, 0) is 5.41 Å². The first-order chi connectivity index (χ1) is 6.69. The van der Waals surface area contributed by atoms with Crippen molar-refractivity contribution in [2.75, 3.05) is 5.73 Å². The Kier molecular flexibility index (Phi) is 1.96. The van der Waals surface area contributed by atoms with Gasteiger partial charge in [0.1, 0.15) is 0 Å². The molecule has 0 aliphatic heterocycles. The van der Waals surface area contributed by atoms with Gasteiger partial charge in [-0.3, -0.25) is 0 Å². The molecule has 2 atom stereocenters. The van der Waals surface area contributed by atoms with Crippen molar-refractivity contribution < 1.29 is 0 Å². The third kappa shape index (κ3) is 1.09. The summed E-state index contributed by atoms with van der Waals surface area (Å²) < 4.78 is 0. The number of nitrogen functional groups attached to an aromatic ring is 1. The predicted octanol–water partition coefficient (Wildman–Crippen LogP) is 2.46. The van der Waals surface area contributed by atoms with Gasteiger partial charge in [-0.1, -0.05) is 19.1 Å². The Hall–Kier alpha value is -1.49. The van der Waals surface area contributed by atoms with Crippen LogP contribution in [0.25, 0.3) is 0 Å². The Balaban J connectivity index is 2.43. The monoisotopic (exact) mass is 186 g/mol. The van der Waals surface area contributed by atoms with Gasteiger partial charge in [0.25, 0.3) is 0 Å². The molecule has 0 saturated heterocycles. The van der Waals surface area contributed by atoms with Gasteiger partial charge in [0, 0.05) is 5.69 Å². The van der Waals surface area contributed by atoms with Crippen LogP contribution in [0.15, 0.2) is 24.3 Å². The van der Waals surface area contributed by atoms with Crippen LogP contribution in [0.4, 0.5) is 5.69 Å². The van der Waals surface area contributed by atoms with E-state index in [1.165, 1.54) is 0 Å². The van der Waals surface area contributed by atoms with Crippen LogP contribution >= 0.6 is 0 Å². The van der Waals surface area contributed by atoms with Gasteiger partial charge in [0.15, 0.2) is 0 Å². The second-order valence-corrected chi connectivity index (χ2v) is 4.15. The molecule has 1 saturated carbocycles. The molecule has 0 spiro atoms. The van der Waals surface area contributed by atoms with Gasteiger partial charge >= 0.3 is 0 Å². The van der Waals surface area contributed by atoms with E-state index in [4.69, 9.17) is 5.73 Å². The van der Waals surface area contributed by atoms with E-state index >= 15 is 0 Å². The van der Waals surface area contributed by atoms with Gasteiger partial charge in [-0.05, 0) is 36.5 Å². The Labute approximate surface area is 84.3 Å². The molecule has 0 aromatic heterocycles. The van der Waals surface area contributed by atoms with Crippen LogP contribution in [0, 0.1) is 17.2 Å². The number of rotatable bonds is 1. The maximum Gasteiger partial charge on any atom is 0.0848 e. The van der Waals surface area contributed by atoms with Crippen molar-refractivity contribution in [2.24, 2.45) is 5.92 Å². The molecule has 2 N–H and O–H groups in total. The molecule has 1 fully saturated rings. The number of nitrogens with two attached hydrogens (primary N) is 1. The summed E-state index contributed by atoms with van der Waals surface area (Å²) in [6.07, 6.45) is 2.11. The van der Waals surface area contributed by atoms with E-state index in [0.717, 1.165) is 24.1 Å². The fourth-order valence-electron chi connectivity index (χ4n) is 2.20. The minimum Gasteiger partial charge on any atom is -0.399 e. The highest BCUT2D eigenvalue weighted by molar-refractivity contribution is 5.47. The Morgan fingerprint density at radius 3 is 2.79 bits per heavy atom. The van der Waals surface area contributed by atoms with Crippen LogP contribution in [0.2, 0.25) is 0 Å². The standard InChI is InChI=1S/C12H14N2/c1-9-5-6-12(9,8-13)10-3-2-4-11(14)7-10/h2-4,7,9H,5-6,14H2,1H3. The first-order valence-electron chi connectivity index (χ1n) is 4.96. The quantitative estimate of drug-likeness (QED) is 0.685. The number of benzene rings is 1. The zero-order valence-electron chi connectivity index (χ0n) is 8.33. The number of anilines is 1. The minimum atomic E-state index is -0.268. The second kappa shape index (κ2) is 3.02. The zero-order valence-corrected chi connectivity index (χ0v) is 8.33. The molecule has 2 heteroatoms. The van der Waals surface area contributed by atoms with Crippen LogP contribution < -0.4 is 5.73 Å². The van der Waals surface area contributed by atoms with Crippen LogP contribution in [0.3, 0.4) is 0 Å². The number of nitrogens with zero attached hydrogens (tertiary/aromatic N) is 1. The fraction of sp³-hybridized carbons (Fsp3) is 0.417. The number of hydrogen-bond acceptors (Lipinski definition) is 2. The average Bonchev–Trinajstić information content (AvgIpc) is 2.17. The molecule has 1 aromatic rings. The molecule has 1 aromatic carbocycles. The Bertz CT molecular complexity index is 392. The molecule has 2 rings (SSSR count). The lowest BCUT2D eigenvalue weighted by Gasteiger charge is -2.42. The van der Waals surface area contributed by atoms with Crippen LogP contribution in [0.1, 0.15) is 25.3 Å². The summed E-state index contributed by atoms with van der Waals surface area (Å²) in [5.74, 6) is 0.453. The molecule has 14 heavy (non-hydrogen) atoms. The summed E-state index contributed by atoms with van der Waals surface area (Å²) in [6, 6.07) is 10.2. The van der Waals surface area contributed by atoms with Crippen molar-refractivity contribution in [3.8, 4) is 6.07 Å². The van der Waals surface area contributed by atoms with Crippen molar-refractivity contribution in [3.63, 3.8) is 0 Å². The van der Waals surface area contributed by atoms with Gasteiger partial charge in [-0.25, -0.2) is 0 Å². The summed E-state index contributed by atoms with van der Waals surface area (Å²) in [4.78, 5) is 0. The van der Waals surface area contributed by atoms with Gasteiger partial charge in [-0.15, -0.1) is 0 Å². The molecule has 0 bridgehead atoms.